The van der Waals surface area contributed by atoms with Crippen LogP contribution in [0.4, 0.5) is 0 Å². The minimum absolute atomic E-state index is 0.533. The third kappa shape index (κ3) is 1.95. The molecule has 3 heteroatoms. The molecule has 0 saturated heterocycles. The molecular formula is C9H14N2O. The van der Waals surface area contributed by atoms with Gasteiger partial charge in [-0.3, -0.25) is 0 Å². The number of aromatic nitrogens is 1. The Kier molecular flexibility index (Phi) is 3.05. The molecule has 1 aromatic heterocycles. The first-order chi connectivity index (χ1) is 5.77. The molecule has 0 aliphatic rings. The van der Waals surface area contributed by atoms with Gasteiger partial charge in [-0.05, 0) is 25.0 Å². The Balaban J connectivity index is 2.86. The molecular weight excluding hydrogens is 152 g/mol. The molecule has 0 fully saturated rings. The molecule has 0 saturated carbocycles. The van der Waals surface area contributed by atoms with Crippen LogP contribution in [-0.2, 0) is 6.54 Å². The Morgan fingerprint density at radius 2 is 2.33 bits per heavy atom. The van der Waals surface area contributed by atoms with Gasteiger partial charge >= 0.3 is 0 Å². The first-order valence-corrected chi connectivity index (χ1v) is 4.06. The van der Waals surface area contributed by atoms with Crippen LogP contribution in [0.1, 0.15) is 18.1 Å². The van der Waals surface area contributed by atoms with Crippen LogP contribution < -0.4 is 10.5 Å². The molecule has 0 amide bonds. The lowest BCUT2D eigenvalue weighted by Gasteiger charge is -2.05. The Hall–Kier alpha value is -1.09. The lowest BCUT2D eigenvalue weighted by Crippen LogP contribution is -2.01. The minimum atomic E-state index is 0.533. The first-order valence-electron chi connectivity index (χ1n) is 4.06. The molecule has 0 atom stereocenters. The quantitative estimate of drug-likeness (QED) is 0.735. The number of aryl methyl sites for hydroxylation is 1. The van der Waals surface area contributed by atoms with Crippen LogP contribution in [0.15, 0.2) is 12.3 Å². The lowest BCUT2D eigenvalue weighted by atomic mass is 10.2. The van der Waals surface area contributed by atoms with E-state index in [9.17, 15) is 0 Å². The van der Waals surface area contributed by atoms with E-state index < -0.39 is 0 Å². The summed E-state index contributed by atoms with van der Waals surface area (Å²) in [5.74, 6) is 0.673. The third-order valence-electron chi connectivity index (χ3n) is 1.71. The van der Waals surface area contributed by atoms with Gasteiger partial charge in [-0.25, -0.2) is 4.98 Å². The van der Waals surface area contributed by atoms with Crippen LogP contribution in [0, 0.1) is 6.92 Å². The van der Waals surface area contributed by atoms with Crippen LogP contribution in [-0.4, -0.2) is 11.6 Å². The Morgan fingerprint density at radius 1 is 1.58 bits per heavy atom. The predicted molar refractivity (Wildman–Crippen MR) is 48.0 cm³/mol. The number of hydrogen-bond acceptors (Lipinski definition) is 3. The van der Waals surface area contributed by atoms with Crippen LogP contribution >= 0.6 is 0 Å². The van der Waals surface area contributed by atoms with E-state index in [-0.39, 0.29) is 0 Å². The highest BCUT2D eigenvalue weighted by atomic mass is 16.5. The summed E-state index contributed by atoms with van der Waals surface area (Å²) in [6, 6.07) is 1.91. The van der Waals surface area contributed by atoms with Gasteiger partial charge < -0.3 is 10.5 Å². The molecule has 1 aromatic rings. The molecule has 1 heterocycles. The average Bonchev–Trinajstić information content (AvgIpc) is 2.05. The predicted octanol–water partition coefficient (Wildman–Crippen LogP) is 1.25. The van der Waals surface area contributed by atoms with Crippen molar-refractivity contribution in [2.24, 2.45) is 5.73 Å². The van der Waals surface area contributed by atoms with Crippen molar-refractivity contribution in [3.8, 4) is 5.88 Å². The summed E-state index contributed by atoms with van der Waals surface area (Å²) < 4.78 is 5.23. The molecule has 66 valence electrons. The summed E-state index contributed by atoms with van der Waals surface area (Å²) in [5.41, 5.74) is 7.70. The maximum absolute atomic E-state index is 5.49. The maximum Gasteiger partial charge on any atom is 0.213 e. The summed E-state index contributed by atoms with van der Waals surface area (Å²) in [4.78, 5) is 4.10. The fourth-order valence-corrected chi connectivity index (χ4v) is 0.999. The number of pyridine rings is 1. The molecule has 0 bridgehead atoms. The van der Waals surface area contributed by atoms with Gasteiger partial charge in [0.2, 0.25) is 5.88 Å². The number of nitrogens with zero attached hydrogens (tertiary/aromatic N) is 1. The number of ether oxygens (including phenoxy) is 1. The van der Waals surface area contributed by atoms with Crippen molar-refractivity contribution in [2.45, 2.75) is 20.4 Å². The second kappa shape index (κ2) is 4.07. The van der Waals surface area contributed by atoms with Gasteiger partial charge in [-0.15, -0.1) is 0 Å². The van der Waals surface area contributed by atoms with E-state index in [2.05, 4.69) is 4.98 Å². The SMILES string of the molecule is CCOc1cc(C)c(CN)cn1. The van der Waals surface area contributed by atoms with E-state index in [0.29, 0.717) is 19.0 Å². The molecule has 0 spiro atoms. The van der Waals surface area contributed by atoms with Crippen LogP contribution in [0.2, 0.25) is 0 Å². The molecule has 0 aliphatic heterocycles. The number of hydrogen-bond donors (Lipinski definition) is 1. The van der Waals surface area contributed by atoms with Gasteiger partial charge in [-0.1, -0.05) is 0 Å². The van der Waals surface area contributed by atoms with Crippen LogP contribution in [0.3, 0.4) is 0 Å². The third-order valence-corrected chi connectivity index (χ3v) is 1.71. The van der Waals surface area contributed by atoms with Crippen molar-refractivity contribution in [3.63, 3.8) is 0 Å². The Bertz CT molecular complexity index is 261. The first kappa shape index (κ1) is 9.00. The zero-order valence-electron chi connectivity index (χ0n) is 7.50. The smallest absolute Gasteiger partial charge is 0.213 e. The molecule has 0 unspecified atom stereocenters. The number of nitrogens with two attached hydrogens (primary N) is 1. The van der Waals surface area contributed by atoms with Crippen molar-refractivity contribution in [3.05, 3.63) is 23.4 Å². The molecule has 0 aromatic carbocycles. The van der Waals surface area contributed by atoms with Gasteiger partial charge in [0.1, 0.15) is 0 Å². The molecule has 2 N–H and O–H groups in total. The van der Waals surface area contributed by atoms with Crippen LogP contribution in [0.5, 0.6) is 5.88 Å². The zero-order valence-corrected chi connectivity index (χ0v) is 7.50. The highest BCUT2D eigenvalue weighted by Crippen LogP contribution is 2.12. The Morgan fingerprint density at radius 3 is 2.83 bits per heavy atom. The second-order valence-electron chi connectivity index (χ2n) is 2.59. The fourth-order valence-electron chi connectivity index (χ4n) is 0.999. The van der Waals surface area contributed by atoms with Gasteiger partial charge in [0.05, 0.1) is 6.61 Å². The standard InChI is InChI=1S/C9H14N2O/c1-3-12-9-4-7(2)8(5-10)6-11-9/h4,6H,3,5,10H2,1-2H3. The van der Waals surface area contributed by atoms with Gasteiger partial charge in [0.15, 0.2) is 0 Å². The van der Waals surface area contributed by atoms with E-state index in [1.165, 1.54) is 0 Å². The Labute approximate surface area is 72.6 Å². The molecule has 1 rings (SSSR count). The highest BCUT2D eigenvalue weighted by Gasteiger charge is 1.99. The van der Waals surface area contributed by atoms with E-state index in [1.807, 2.05) is 19.9 Å². The van der Waals surface area contributed by atoms with Crippen molar-refractivity contribution in [2.75, 3.05) is 6.61 Å². The summed E-state index contributed by atoms with van der Waals surface area (Å²) in [7, 11) is 0. The van der Waals surface area contributed by atoms with E-state index in [0.717, 1.165) is 11.1 Å². The summed E-state index contributed by atoms with van der Waals surface area (Å²) in [5, 5.41) is 0. The van der Waals surface area contributed by atoms with E-state index >= 15 is 0 Å². The summed E-state index contributed by atoms with van der Waals surface area (Å²) in [6.45, 7) is 5.12. The minimum Gasteiger partial charge on any atom is -0.478 e. The maximum atomic E-state index is 5.49. The second-order valence-corrected chi connectivity index (χ2v) is 2.59. The zero-order chi connectivity index (χ0) is 8.97. The van der Waals surface area contributed by atoms with E-state index in [1.54, 1.807) is 6.20 Å². The number of rotatable bonds is 3. The fraction of sp³-hybridized carbons (Fsp3) is 0.444. The molecule has 0 radical (unpaired) electrons. The van der Waals surface area contributed by atoms with Crippen molar-refractivity contribution in [1.29, 1.82) is 0 Å². The largest absolute Gasteiger partial charge is 0.478 e. The van der Waals surface area contributed by atoms with Gasteiger partial charge in [-0.2, -0.15) is 0 Å². The molecule has 12 heavy (non-hydrogen) atoms. The van der Waals surface area contributed by atoms with E-state index in [4.69, 9.17) is 10.5 Å². The average molecular weight is 166 g/mol. The molecule has 3 nitrogen and oxygen atoms in total. The van der Waals surface area contributed by atoms with Crippen molar-refractivity contribution >= 4 is 0 Å². The van der Waals surface area contributed by atoms with Gasteiger partial charge in [0.25, 0.3) is 0 Å². The summed E-state index contributed by atoms with van der Waals surface area (Å²) in [6.07, 6.45) is 1.76. The normalized spacial score (nSPS) is 9.92. The lowest BCUT2D eigenvalue weighted by molar-refractivity contribution is 0.326. The summed E-state index contributed by atoms with van der Waals surface area (Å²) >= 11 is 0. The molecule has 0 aliphatic carbocycles. The monoisotopic (exact) mass is 166 g/mol. The van der Waals surface area contributed by atoms with Crippen molar-refractivity contribution < 1.29 is 4.74 Å². The highest BCUT2D eigenvalue weighted by molar-refractivity contribution is 5.27. The van der Waals surface area contributed by atoms with Crippen LogP contribution in [0.25, 0.3) is 0 Å². The topological polar surface area (TPSA) is 48.1 Å². The van der Waals surface area contributed by atoms with Crippen molar-refractivity contribution in [1.82, 2.24) is 4.98 Å². The van der Waals surface area contributed by atoms with Gasteiger partial charge in [0, 0.05) is 18.8 Å².